The standard InChI is InChI=1S/C9H10F3N/c1-5(13)6-2-3-8(10)7(4-6)9(11)12/h2-5,9H,13H2,1H3/t5-/m1/s1. The summed E-state index contributed by atoms with van der Waals surface area (Å²) in [5.74, 6) is -0.889. The lowest BCUT2D eigenvalue weighted by molar-refractivity contribution is 0.146. The van der Waals surface area contributed by atoms with E-state index < -0.39 is 17.8 Å². The molecule has 1 rings (SSSR count). The van der Waals surface area contributed by atoms with E-state index >= 15 is 0 Å². The van der Waals surface area contributed by atoms with Crippen molar-refractivity contribution in [1.82, 2.24) is 0 Å². The number of halogens is 3. The Morgan fingerprint density at radius 1 is 1.31 bits per heavy atom. The van der Waals surface area contributed by atoms with Gasteiger partial charge in [0.05, 0.1) is 5.56 Å². The largest absolute Gasteiger partial charge is 0.324 e. The molecule has 1 nitrogen and oxygen atoms in total. The minimum absolute atomic E-state index is 0.363. The molecule has 1 atom stereocenters. The van der Waals surface area contributed by atoms with Crippen LogP contribution in [0.5, 0.6) is 0 Å². The van der Waals surface area contributed by atoms with Gasteiger partial charge in [0.1, 0.15) is 5.82 Å². The van der Waals surface area contributed by atoms with Gasteiger partial charge >= 0.3 is 0 Å². The van der Waals surface area contributed by atoms with Gasteiger partial charge in [-0.25, -0.2) is 13.2 Å². The molecule has 2 N–H and O–H groups in total. The highest BCUT2D eigenvalue weighted by atomic mass is 19.3. The van der Waals surface area contributed by atoms with Gasteiger partial charge in [-0.3, -0.25) is 0 Å². The first-order chi connectivity index (χ1) is 6.02. The van der Waals surface area contributed by atoms with Crippen molar-refractivity contribution in [2.75, 3.05) is 0 Å². The van der Waals surface area contributed by atoms with Gasteiger partial charge < -0.3 is 5.73 Å². The summed E-state index contributed by atoms with van der Waals surface area (Å²) in [4.78, 5) is 0. The quantitative estimate of drug-likeness (QED) is 0.760. The Labute approximate surface area is 74.4 Å². The highest BCUT2D eigenvalue weighted by molar-refractivity contribution is 5.27. The van der Waals surface area contributed by atoms with Crippen LogP contribution in [0.4, 0.5) is 13.2 Å². The van der Waals surface area contributed by atoms with E-state index in [0.717, 1.165) is 12.1 Å². The molecule has 1 aromatic rings. The van der Waals surface area contributed by atoms with E-state index in [9.17, 15) is 13.2 Å². The van der Waals surface area contributed by atoms with E-state index in [0.29, 0.717) is 5.56 Å². The van der Waals surface area contributed by atoms with Crippen LogP contribution >= 0.6 is 0 Å². The van der Waals surface area contributed by atoms with Crippen LogP contribution in [0.25, 0.3) is 0 Å². The van der Waals surface area contributed by atoms with Crippen molar-refractivity contribution in [2.45, 2.75) is 19.4 Å². The lowest BCUT2D eigenvalue weighted by Gasteiger charge is -2.08. The third kappa shape index (κ3) is 2.21. The molecule has 1 aromatic carbocycles. The number of benzene rings is 1. The molecule has 0 spiro atoms. The van der Waals surface area contributed by atoms with Gasteiger partial charge in [-0.1, -0.05) is 6.07 Å². The third-order valence-electron chi connectivity index (χ3n) is 1.78. The van der Waals surface area contributed by atoms with Crippen LogP contribution < -0.4 is 5.73 Å². The van der Waals surface area contributed by atoms with Gasteiger partial charge in [0, 0.05) is 6.04 Å². The number of nitrogens with two attached hydrogens (primary N) is 1. The van der Waals surface area contributed by atoms with Crippen LogP contribution in [-0.4, -0.2) is 0 Å². The summed E-state index contributed by atoms with van der Waals surface area (Å²) in [5.41, 5.74) is 5.39. The fourth-order valence-corrected chi connectivity index (χ4v) is 1.01. The van der Waals surface area contributed by atoms with Gasteiger partial charge in [0.25, 0.3) is 6.43 Å². The molecule has 0 radical (unpaired) electrons. The van der Waals surface area contributed by atoms with Gasteiger partial charge in [-0.15, -0.1) is 0 Å². The average Bonchev–Trinajstić information content (AvgIpc) is 2.04. The number of rotatable bonds is 2. The number of hydrogen-bond donors (Lipinski definition) is 1. The molecular weight excluding hydrogens is 179 g/mol. The zero-order valence-corrected chi connectivity index (χ0v) is 7.10. The van der Waals surface area contributed by atoms with Crippen molar-refractivity contribution in [2.24, 2.45) is 5.73 Å². The molecular formula is C9H10F3N. The Bertz CT molecular complexity index is 297. The molecule has 0 heterocycles. The lowest BCUT2D eigenvalue weighted by atomic mass is 10.1. The van der Waals surface area contributed by atoms with Gasteiger partial charge in [0.15, 0.2) is 0 Å². The second-order valence-corrected chi connectivity index (χ2v) is 2.87. The van der Waals surface area contributed by atoms with Crippen molar-refractivity contribution in [3.8, 4) is 0 Å². The summed E-state index contributed by atoms with van der Waals surface area (Å²) in [6, 6.07) is 3.16. The van der Waals surface area contributed by atoms with E-state index in [1.165, 1.54) is 6.07 Å². The molecule has 0 aromatic heterocycles. The zero-order chi connectivity index (χ0) is 10.0. The van der Waals surface area contributed by atoms with Crippen LogP contribution in [0.3, 0.4) is 0 Å². The Morgan fingerprint density at radius 3 is 2.38 bits per heavy atom. The van der Waals surface area contributed by atoms with Gasteiger partial charge in [-0.05, 0) is 24.6 Å². The van der Waals surface area contributed by atoms with Crippen molar-refractivity contribution >= 4 is 0 Å². The second-order valence-electron chi connectivity index (χ2n) is 2.87. The van der Waals surface area contributed by atoms with Crippen LogP contribution in [0.1, 0.15) is 30.5 Å². The predicted molar refractivity (Wildman–Crippen MR) is 44.0 cm³/mol. The maximum Gasteiger partial charge on any atom is 0.266 e. The van der Waals surface area contributed by atoms with Gasteiger partial charge in [-0.2, -0.15) is 0 Å². The van der Waals surface area contributed by atoms with E-state index in [1.54, 1.807) is 6.92 Å². The van der Waals surface area contributed by atoms with Crippen molar-refractivity contribution < 1.29 is 13.2 Å². The van der Waals surface area contributed by atoms with Crippen LogP contribution in [0, 0.1) is 5.82 Å². The molecule has 0 saturated carbocycles. The summed E-state index contributed by atoms with van der Waals surface area (Å²) in [7, 11) is 0. The van der Waals surface area contributed by atoms with E-state index in [4.69, 9.17) is 5.73 Å². The van der Waals surface area contributed by atoms with E-state index in [-0.39, 0.29) is 6.04 Å². The number of hydrogen-bond acceptors (Lipinski definition) is 1. The SMILES string of the molecule is C[C@@H](N)c1ccc(F)c(C(F)F)c1. The summed E-state index contributed by atoms with van der Waals surface area (Å²) in [6.45, 7) is 1.66. The lowest BCUT2D eigenvalue weighted by Crippen LogP contribution is -2.06. The summed E-state index contributed by atoms with van der Waals surface area (Å²) >= 11 is 0. The molecule has 13 heavy (non-hydrogen) atoms. The average molecular weight is 189 g/mol. The van der Waals surface area contributed by atoms with Crippen LogP contribution in [0.2, 0.25) is 0 Å². The highest BCUT2D eigenvalue weighted by Crippen LogP contribution is 2.24. The predicted octanol–water partition coefficient (Wildman–Crippen LogP) is 2.78. The second kappa shape index (κ2) is 3.79. The summed E-state index contributed by atoms with van der Waals surface area (Å²) in [6.07, 6.45) is -2.79. The third-order valence-corrected chi connectivity index (χ3v) is 1.78. The van der Waals surface area contributed by atoms with Crippen molar-refractivity contribution in [3.05, 3.63) is 35.1 Å². The first-order valence-corrected chi connectivity index (χ1v) is 3.85. The zero-order valence-electron chi connectivity index (χ0n) is 7.10. The Balaban J connectivity index is 3.11. The Hall–Kier alpha value is -1.03. The Morgan fingerprint density at radius 2 is 1.92 bits per heavy atom. The fourth-order valence-electron chi connectivity index (χ4n) is 1.01. The molecule has 0 aliphatic carbocycles. The molecule has 0 unspecified atom stereocenters. The van der Waals surface area contributed by atoms with Crippen molar-refractivity contribution in [1.29, 1.82) is 0 Å². The first kappa shape index (κ1) is 10.1. The molecule has 0 amide bonds. The summed E-state index contributed by atoms with van der Waals surface area (Å²) in [5, 5.41) is 0. The topological polar surface area (TPSA) is 26.0 Å². The maximum atomic E-state index is 12.8. The molecule has 4 heteroatoms. The van der Waals surface area contributed by atoms with Crippen LogP contribution in [0.15, 0.2) is 18.2 Å². The highest BCUT2D eigenvalue weighted by Gasteiger charge is 2.14. The molecule has 0 aliphatic heterocycles. The van der Waals surface area contributed by atoms with Crippen LogP contribution in [-0.2, 0) is 0 Å². The first-order valence-electron chi connectivity index (χ1n) is 3.85. The smallest absolute Gasteiger partial charge is 0.266 e. The minimum Gasteiger partial charge on any atom is -0.324 e. The Kier molecular flexibility index (Phi) is 2.93. The molecule has 0 bridgehead atoms. The van der Waals surface area contributed by atoms with Crippen molar-refractivity contribution in [3.63, 3.8) is 0 Å². The molecule has 0 fully saturated rings. The minimum atomic E-state index is -2.79. The maximum absolute atomic E-state index is 12.8. The molecule has 72 valence electrons. The summed E-state index contributed by atoms with van der Waals surface area (Å²) < 4.78 is 37.1. The normalized spacial score (nSPS) is 13.4. The molecule has 0 saturated heterocycles. The molecule has 0 aliphatic rings. The monoisotopic (exact) mass is 189 g/mol. The van der Waals surface area contributed by atoms with Gasteiger partial charge in [0.2, 0.25) is 0 Å². The van der Waals surface area contributed by atoms with E-state index in [2.05, 4.69) is 0 Å². The number of alkyl halides is 2. The van der Waals surface area contributed by atoms with E-state index in [1.807, 2.05) is 0 Å². The fraction of sp³-hybridized carbons (Fsp3) is 0.333.